The summed E-state index contributed by atoms with van der Waals surface area (Å²) in [5, 5.41) is 9.00. The number of esters is 1. The number of carboxylic acids is 1. The molecule has 0 fully saturated rings. The number of aldehydes is 1. The third-order valence-corrected chi connectivity index (χ3v) is 4.73. The maximum atomic E-state index is 12.9. The van der Waals surface area contributed by atoms with Gasteiger partial charge in [0, 0.05) is 11.6 Å². The lowest BCUT2D eigenvalue weighted by molar-refractivity contribution is -0.146. The SMILES string of the molecule is CCOC(=O)C(c1ccc2c(c1)OCO2)C(C=O)c1ccc(OC)cc1OCC(=O)O. The van der Waals surface area contributed by atoms with Crippen molar-refractivity contribution in [2.45, 2.75) is 18.8 Å². The Kier molecular flexibility index (Phi) is 6.96. The maximum Gasteiger partial charge on any atom is 0.341 e. The van der Waals surface area contributed by atoms with Crippen molar-refractivity contribution in [3.8, 4) is 23.0 Å². The van der Waals surface area contributed by atoms with Gasteiger partial charge in [0.25, 0.3) is 0 Å². The first-order valence-corrected chi connectivity index (χ1v) is 9.52. The number of carbonyl (C=O) groups excluding carboxylic acids is 2. The van der Waals surface area contributed by atoms with E-state index >= 15 is 0 Å². The first-order valence-electron chi connectivity index (χ1n) is 9.52. The molecule has 0 bridgehead atoms. The molecule has 9 nitrogen and oxygen atoms in total. The first kappa shape index (κ1) is 21.9. The largest absolute Gasteiger partial charge is 0.497 e. The summed E-state index contributed by atoms with van der Waals surface area (Å²) in [6.45, 7) is 1.22. The summed E-state index contributed by atoms with van der Waals surface area (Å²) in [5.41, 5.74) is 0.813. The minimum absolute atomic E-state index is 0.0611. The zero-order valence-corrected chi connectivity index (χ0v) is 17.0. The van der Waals surface area contributed by atoms with Crippen LogP contribution in [0.4, 0.5) is 0 Å². The van der Waals surface area contributed by atoms with Crippen LogP contribution in [0.15, 0.2) is 36.4 Å². The number of hydrogen-bond donors (Lipinski definition) is 1. The van der Waals surface area contributed by atoms with Crippen LogP contribution in [-0.2, 0) is 19.1 Å². The normalized spacial score (nSPS) is 13.7. The molecule has 0 amide bonds. The standard InChI is InChI=1S/C22H22O9/c1-3-28-22(26)21(13-4-7-17-19(8-13)31-12-30-17)16(10-23)15-6-5-14(27-2)9-18(15)29-11-20(24)25/h4-10,16,21H,3,11-12H2,1-2H3,(H,24,25). The summed E-state index contributed by atoms with van der Waals surface area (Å²) in [6, 6.07) is 9.57. The molecule has 1 aliphatic heterocycles. The summed E-state index contributed by atoms with van der Waals surface area (Å²) in [6.07, 6.45) is 0.613. The van der Waals surface area contributed by atoms with Crippen molar-refractivity contribution in [2.75, 3.05) is 27.1 Å². The minimum atomic E-state index is -1.19. The van der Waals surface area contributed by atoms with Crippen LogP contribution in [0.3, 0.4) is 0 Å². The van der Waals surface area contributed by atoms with Gasteiger partial charge in [0.2, 0.25) is 6.79 Å². The number of aliphatic carboxylic acids is 1. The van der Waals surface area contributed by atoms with Gasteiger partial charge in [-0.1, -0.05) is 12.1 Å². The van der Waals surface area contributed by atoms with E-state index in [1.54, 1.807) is 37.3 Å². The maximum absolute atomic E-state index is 12.9. The van der Waals surface area contributed by atoms with Gasteiger partial charge in [-0.2, -0.15) is 0 Å². The van der Waals surface area contributed by atoms with Gasteiger partial charge < -0.3 is 33.6 Å². The molecule has 1 aliphatic rings. The van der Waals surface area contributed by atoms with Gasteiger partial charge in [-0.15, -0.1) is 0 Å². The van der Waals surface area contributed by atoms with Gasteiger partial charge >= 0.3 is 11.9 Å². The summed E-state index contributed by atoms with van der Waals surface area (Å²) in [5.74, 6) is -2.33. The Morgan fingerprint density at radius 2 is 1.94 bits per heavy atom. The summed E-state index contributed by atoms with van der Waals surface area (Å²) >= 11 is 0. The Morgan fingerprint density at radius 3 is 2.61 bits per heavy atom. The van der Waals surface area contributed by atoms with Gasteiger partial charge in [0.05, 0.1) is 25.6 Å². The van der Waals surface area contributed by atoms with E-state index in [2.05, 4.69) is 0 Å². The second-order valence-electron chi connectivity index (χ2n) is 6.59. The minimum Gasteiger partial charge on any atom is -0.497 e. The quantitative estimate of drug-likeness (QED) is 0.448. The van der Waals surface area contributed by atoms with E-state index in [1.165, 1.54) is 13.2 Å². The van der Waals surface area contributed by atoms with Gasteiger partial charge in [-0.25, -0.2) is 4.79 Å². The Labute approximate surface area is 178 Å². The molecule has 0 aliphatic carbocycles. The fraction of sp³-hybridized carbons (Fsp3) is 0.318. The van der Waals surface area contributed by atoms with Crippen LogP contribution in [0.1, 0.15) is 29.9 Å². The van der Waals surface area contributed by atoms with Crippen LogP contribution in [0.5, 0.6) is 23.0 Å². The summed E-state index contributed by atoms with van der Waals surface area (Å²) in [7, 11) is 1.45. The first-order chi connectivity index (χ1) is 15.0. The average Bonchev–Trinajstić information content (AvgIpc) is 3.23. The number of ether oxygens (including phenoxy) is 5. The Morgan fingerprint density at radius 1 is 1.16 bits per heavy atom. The fourth-order valence-corrected chi connectivity index (χ4v) is 3.34. The lowest BCUT2D eigenvalue weighted by atomic mass is 9.81. The van der Waals surface area contributed by atoms with E-state index in [9.17, 15) is 14.4 Å². The molecule has 0 aromatic heterocycles. The number of fused-ring (bicyclic) bond motifs is 1. The van der Waals surface area contributed by atoms with Crippen LogP contribution in [0, 0.1) is 0 Å². The zero-order valence-electron chi connectivity index (χ0n) is 17.0. The third-order valence-electron chi connectivity index (χ3n) is 4.73. The van der Waals surface area contributed by atoms with Crippen LogP contribution in [0.2, 0.25) is 0 Å². The van der Waals surface area contributed by atoms with Crippen LogP contribution in [-0.4, -0.2) is 50.4 Å². The Hall–Kier alpha value is -3.75. The number of benzene rings is 2. The van der Waals surface area contributed by atoms with Crippen LogP contribution >= 0.6 is 0 Å². The molecule has 0 saturated heterocycles. The molecule has 2 unspecified atom stereocenters. The van der Waals surface area contributed by atoms with E-state index in [0.717, 1.165) is 0 Å². The lowest BCUT2D eigenvalue weighted by Gasteiger charge is -2.24. The van der Waals surface area contributed by atoms with Crippen molar-refractivity contribution in [3.05, 3.63) is 47.5 Å². The van der Waals surface area contributed by atoms with Crippen molar-refractivity contribution in [2.24, 2.45) is 0 Å². The molecule has 0 spiro atoms. The molecule has 3 rings (SSSR count). The molecule has 0 saturated carbocycles. The number of methoxy groups -OCH3 is 1. The highest BCUT2D eigenvalue weighted by atomic mass is 16.7. The second kappa shape index (κ2) is 9.84. The van der Waals surface area contributed by atoms with Gasteiger partial charge in [0.1, 0.15) is 17.8 Å². The molecule has 0 radical (unpaired) electrons. The fourth-order valence-electron chi connectivity index (χ4n) is 3.34. The molecular formula is C22H22O9. The van der Waals surface area contributed by atoms with Crippen molar-refractivity contribution in [1.82, 2.24) is 0 Å². The molecule has 9 heteroatoms. The molecule has 2 aromatic carbocycles. The average molecular weight is 430 g/mol. The molecule has 2 aromatic rings. The molecule has 1 heterocycles. The summed E-state index contributed by atoms with van der Waals surface area (Å²) in [4.78, 5) is 36.2. The van der Waals surface area contributed by atoms with E-state index in [-0.39, 0.29) is 19.1 Å². The van der Waals surface area contributed by atoms with E-state index in [0.29, 0.717) is 34.7 Å². The van der Waals surface area contributed by atoms with E-state index in [1.807, 2.05) is 0 Å². The highest BCUT2D eigenvalue weighted by molar-refractivity contribution is 5.86. The molecule has 31 heavy (non-hydrogen) atoms. The topological polar surface area (TPSA) is 118 Å². The van der Waals surface area contributed by atoms with Crippen molar-refractivity contribution in [3.63, 3.8) is 0 Å². The molecule has 164 valence electrons. The van der Waals surface area contributed by atoms with E-state index in [4.69, 9.17) is 28.8 Å². The number of hydrogen-bond acceptors (Lipinski definition) is 8. The highest BCUT2D eigenvalue weighted by Crippen LogP contribution is 2.42. The van der Waals surface area contributed by atoms with Gasteiger partial charge in [-0.3, -0.25) is 4.79 Å². The predicted molar refractivity (Wildman–Crippen MR) is 107 cm³/mol. The predicted octanol–water partition coefficient (Wildman–Crippen LogP) is 2.52. The van der Waals surface area contributed by atoms with E-state index < -0.39 is 30.4 Å². The summed E-state index contributed by atoms with van der Waals surface area (Å²) < 4.78 is 26.5. The van der Waals surface area contributed by atoms with Crippen molar-refractivity contribution in [1.29, 1.82) is 0 Å². The Balaban J connectivity index is 2.07. The second-order valence-corrected chi connectivity index (χ2v) is 6.59. The smallest absolute Gasteiger partial charge is 0.341 e. The lowest BCUT2D eigenvalue weighted by Crippen LogP contribution is -2.24. The third kappa shape index (κ3) is 4.88. The molecule has 1 N–H and O–H groups in total. The van der Waals surface area contributed by atoms with Gasteiger partial charge in [-0.05, 0) is 30.7 Å². The van der Waals surface area contributed by atoms with Crippen molar-refractivity contribution < 1.29 is 43.2 Å². The number of carbonyl (C=O) groups is 3. The zero-order chi connectivity index (χ0) is 22.4. The van der Waals surface area contributed by atoms with Gasteiger partial charge in [0.15, 0.2) is 18.1 Å². The van der Waals surface area contributed by atoms with Crippen LogP contribution in [0.25, 0.3) is 0 Å². The molecular weight excluding hydrogens is 408 g/mol. The van der Waals surface area contributed by atoms with Crippen molar-refractivity contribution >= 4 is 18.2 Å². The molecule has 2 atom stereocenters. The Bertz CT molecular complexity index is 969. The monoisotopic (exact) mass is 430 g/mol. The highest BCUT2D eigenvalue weighted by Gasteiger charge is 2.35. The number of carboxylic acid groups (broad SMARTS) is 1. The number of rotatable bonds is 10. The van der Waals surface area contributed by atoms with Crippen LogP contribution < -0.4 is 18.9 Å².